The fraction of sp³-hybridized carbons (Fsp3) is 0.667. The second-order valence-electron chi connectivity index (χ2n) is 5.55. The van der Waals surface area contributed by atoms with Gasteiger partial charge >= 0.3 is 0 Å². The van der Waals surface area contributed by atoms with Gasteiger partial charge < -0.3 is 15.8 Å². The number of halogens is 2. The molecule has 0 saturated heterocycles. The molecule has 1 unspecified atom stereocenters. The standard InChI is InChI=1S/C15H23BrN2O2S.ClH/c1-9-12(16)13(20-2)14(21-9)15(19)18-11(8-17)10-6-4-3-5-7-10;/h10-11H,3-8,17H2,1-2H3,(H,18,19);1H. The third kappa shape index (κ3) is 4.37. The van der Waals surface area contributed by atoms with Crippen LogP contribution in [0.4, 0.5) is 0 Å². The van der Waals surface area contributed by atoms with Gasteiger partial charge in [-0.2, -0.15) is 0 Å². The molecule has 22 heavy (non-hydrogen) atoms. The number of methoxy groups -OCH3 is 1. The van der Waals surface area contributed by atoms with Gasteiger partial charge in [0.2, 0.25) is 0 Å². The highest BCUT2D eigenvalue weighted by Gasteiger charge is 2.27. The zero-order chi connectivity index (χ0) is 15.4. The monoisotopic (exact) mass is 410 g/mol. The SMILES string of the molecule is COc1c(C(=O)NC(CN)C2CCCCC2)sc(C)c1Br.Cl. The van der Waals surface area contributed by atoms with Crippen LogP contribution < -0.4 is 15.8 Å². The largest absolute Gasteiger partial charge is 0.494 e. The first-order valence-corrected chi connectivity index (χ1v) is 9.03. The minimum atomic E-state index is -0.0772. The van der Waals surface area contributed by atoms with Crippen molar-refractivity contribution in [2.45, 2.75) is 45.1 Å². The lowest BCUT2D eigenvalue weighted by Crippen LogP contribution is -2.45. The highest BCUT2D eigenvalue weighted by atomic mass is 79.9. The first-order chi connectivity index (χ1) is 10.1. The van der Waals surface area contributed by atoms with E-state index in [1.165, 1.54) is 30.6 Å². The van der Waals surface area contributed by atoms with Gasteiger partial charge in [-0.25, -0.2) is 0 Å². The van der Waals surface area contributed by atoms with Gasteiger partial charge in [0, 0.05) is 17.5 Å². The van der Waals surface area contributed by atoms with Crippen LogP contribution in [0.3, 0.4) is 0 Å². The maximum absolute atomic E-state index is 12.5. The lowest BCUT2D eigenvalue weighted by molar-refractivity contribution is 0.0917. The van der Waals surface area contributed by atoms with Crippen LogP contribution in [0.2, 0.25) is 0 Å². The molecule has 2 rings (SSSR count). The number of amides is 1. The number of aryl methyl sites for hydroxylation is 1. The van der Waals surface area contributed by atoms with E-state index in [-0.39, 0.29) is 24.4 Å². The Hall–Kier alpha value is -0.300. The van der Waals surface area contributed by atoms with Crippen LogP contribution in [-0.4, -0.2) is 25.6 Å². The van der Waals surface area contributed by atoms with Gasteiger partial charge in [0.25, 0.3) is 5.91 Å². The lowest BCUT2D eigenvalue weighted by atomic mass is 9.84. The van der Waals surface area contributed by atoms with Crippen molar-refractivity contribution < 1.29 is 9.53 Å². The third-order valence-electron chi connectivity index (χ3n) is 4.17. The molecule has 1 aromatic heterocycles. The number of carbonyl (C=O) groups excluding carboxylic acids is 1. The molecular formula is C15H24BrClN2O2S. The molecule has 1 fully saturated rings. The van der Waals surface area contributed by atoms with E-state index in [1.54, 1.807) is 7.11 Å². The van der Waals surface area contributed by atoms with Crippen molar-refractivity contribution in [3.05, 3.63) is 14.2 Å². The van der Waals surface area contributed by atoms with E-state index in [0.717, 1.165) is 22.2 Å². The lowest BCUT2D eigenvalue weighted by Gasteiger charge is -2.30. The van der Waals surface area contributed by atoms with Gasteiger partial charge in [-0.15, -0.1) is 23.7 Å². The van der Waals surface area contributed by atoms with Crippen LogP contribution in [0.15, 0.2) is 4.47 Å². The summed E-state index contributed by atoms with van der Waals surface area (Å²) in [7, 11) is 1.59. The smallest absolute Gasteiger partial charge is 0.265 e. The number of thiophene rings is 1. The second kappa shape index (κ2) is 9.11. The Morgan fingerprint density at radius 2 is 2.09 bits per heavy atom. The fourth-order valence-corrected chi connectivity index (χ4v) is 4.63. The Morgan fingerprint density at radius 3 is 2.64 bits per heavy atom. The topological polar surface area (TPSA) is 64.3 Å². The highest BCUT2D eigenvalue weighted by Crippen LogP contribution is 2.39. The first-order valence-electron chi connectivity index (χ1n) is 7.42. The molecule has 4 nitrogen and oxygen atoms in total. The number of ether oxygens (including phenoxy) is 1. The number of carbonyl (C=O) groups is 1. The number of nitrogens with two attached hydrogens (primary N) is 1. The van der Waals surface area contributed by atoms with Crippen molar-refractivity contribution in [3.8, 4) is 5.75 Å². The Balaban J connectivity index is 0.00000242. The molecule has 1 aromatic rings. The molecule has 126 valence electrons. The predicted octanol–water partition coefficient (Wildman–Crippen LogP) is 3.89. The molecule has 0 spiro atoms. The normalized spacial score (nSPS) is 16.7. The zero-order valence-electron chi connectivity index (χ0n) is 13.0. The molecule has 7 heteroatoms. The molecule has 3 N–H and O–H groups in total. The Kier molecular flexibility index (Phi) is 8.17. The molecular weight excluding hydrogens is 388 g/mol. The number of hydrogen-bond donors (Lipinski definition) is 2. The van der Waals surface area contributed by atoms with Crippen molar-refractivity contribution >= 4 is 45.6 Å². The second-order valence-corrected chi connectivity index (χ2v) is 7.57. The van der Waals surface area contributed by atoms with Crippen LogP contribution >= 0.6 is 39.7 Å². The van der Waals surface area contributed by atoms with Crippen molar-refractivity contribution in [1.82, 2.24) is 5.32 Å². The Morgan fingerprint density at radius 1 is 1.45 bits per heavy atom. The van der Waals surface area contributed by atoms with E-state index in [1.807, 2.05) is 6.92 Å². The molecule has 0 aromatic carbocycles. The van der Waals surface area contributed by atoms with Crippen LogP contribution in [0.5, 0.6) is 5.75 Å². The van der Waals surface area contributed by atoms with Crippen molar-refractivity contribution in [1.29, 1.82) is 0 Å². The summed E-state index contributed by atoms with van der Waals surface area (Å²) in [4.78, 5) is 14.2. The van der Waals surface area contributed by atoms with E-state index in [2.05, 4.69) is 21.2 Å². The molecule has 1 aliphatic carbocycles. The highest BCUT2D eigenvalue weighted by molar-refractivity contribution is 9.10. The van der Waals surface area contributed by atoms with E-state index in [0.29, 0.717) is 23.1 Å². The quantitative estimate of drug-likeness (QED) is 0.772. The number of nitrogens with one attached hydrogen (secondary N) is 1. The molecule has 1 saturated carbocycles. The minimum Gasteiger partial charge on any atom is -0.494 e. The van der Waals surface area contributed by atoms with Crippen LogP contribution in [0, 0.1) is 12.8 Å². The number of rotatable bonds is 5. The Bertz CT molecular complexity index is 504. The van der Waals surface area contributed by atoms with Crippen LogP contribution in [-0.2, 0) is 0 Å². The molecule has 1 aliphatic rings. The van der Waals surface area contributed by atoms with Crippen LogP contribution in [0.25, 0.3) is 0 Å². The summed E-state index contributed by atoms with van der Waals surface area (Å²) < 4.78 is 6.21. The Labute approximate surface area is 150 Å². The van der Waals surface area contributed by atoms with Gasteiger partial charge in [-0.3, -0.25) is 4.79 Å². The maximum atomic E-state index is 12.5. The van der Waals surface area contributed by atoms with E-state index in [9.17, 15) is 4.79 Å². The molecule has 0 aliphatic heterocycles. The van der Waals surface area contributed by atoms with E-state index < -0.39 is 0 Å². The molecule has 1 amide bonds. The average Bonchev–Trinajstić information content (AvgIpc) is 2.80. The van der Waals surface area contributed by atoms with Crippen molar-refractivity contribution in [2.75, 3.05) is 13.7 Å². The van der Waals surface area contributed by atoms with Gasteiger partial charge in [0.1, 0.15) is 4.88 Å². The van der Waals surface area contributed by atoms with Crippen LogP contribution in [0.1, 0.15) is 46.7 Å². The fourth-order valence-electron chi connectivity index (χ4n) is 2.98. The van der Waals surface area contributed by atoms with Crippen molar-refractivity contribution in [2.24, 2.45) is 11.7 Å². The van der Waals surface area contributed by atoms with Gasteiger partial charge in [-0.05, 0) is 41.6 Å². The summed E-state index contributed by atoms with van der Waals surface area (Å²) >= 11 is 4.92. The van der Waals surface area contributed by atoms with E-state index in [4.69, 9.17) is 10.5 Å². The summed E-state index contributed by atoms with van der Waals surface area (Å²) in [5, 5.41) is 3.11. The third-order valence-corrected chi connectivity index (χ3v) is 6.47. The summed E-state index contributed by atoms with van der Waals surface area (Å²) in [6, 6.07) is 0.0590. The summed E-state index contributed by atoms with van der Waals surface area (Å²) in [5.41, 5.74) is 5.88. The molecule has 1 heterocycles. The predicted molar refractivity (Wildman–Crippen MR) is 97.4 cm³/mol. The average molecular weight is 412 g/mol. The molecule has 0 radical (unpaired) electrons. The molecule has 0 bridgehead atoms. The number of hydrogen-bond acceptors (Lipinski definition) is 4. The summed E-state index contributed by atoms with van der Waals surface area (Å²) in [6.07, 6.45) is 6.10. The minimum absolute atomic E-state index is 0. The summed E-state index contributed by atoms with van der Waals surface area (Å²) in [5.74, 6) is 1.05. The zero-order valence-corrected chi connectivity index (χ0v) is 16.2. The first kappa shape index (κ1) is 19.7. The van der Waals surface area contributed by atoms with Gasteiger partial charge in [0.15, 0.2) is 5.75 Å². The van der Waals surface area contributed by atoms with Crippen molar-refractivity contribution in [3.63, 3.8) is 0 Å². The maximum Gasteiger partial charge on any atom is 0.265 e. The van der Waals surface area contributed by atoms with Gasteiger partial charge in [0.05, 0.1) is 11.6 Å². The van der Waals surface area contributed by atoms with Gasteiger partial charge in [-0.1, -0.05) is 19.3 Å². The van der Waals surface area contributed by atoms with E-state index >= 15 is 0 Å². The summed E-state index contributed by atoms with van der Waals surface area (Å²) in [6.45, 7) is 2.46. The molecule has 1 atom stereocenters.